The van der Waals surface area contributed by atoms with E-state index in [-0.39, 0.29) is 0 Å². The minimum absolute atomic E-state index is 0.533. The molecule has 1 unspecified atom stereocenters. The van der Waals surface area contributed by atoms with Gasteiger partial charge in [0, 0.05) is 12.6 Å². The number of rotatable bonds is 9. The molecule has 120 valence electrons. The van der Waals surface area contributed by atoms with Crippen molar-refractivity contribution in [2.75, 3.05) is 6.61 Å². The topological polar surface area (TPSA) is 79.2 Å². The third kappa shape index (κ3) is 7.14. The summed E-state index contributed by atoms with van der Waals surface area (Å²) in [5.41, 5.74) is 0. The Hall–Kier alpha value is -0.0951. The quantitative estimate of drug-likeness (QED) is 0.340. The number of hydrogen-bond acceptors (Lipinski definition) is 5. The van der Waals surface area contributed by atoms with Crippen molar-refractivity contribution in [3.63, 3.8) is 0 Å². The average Bonchev–Trinajstić information content (AvgIpc) is 2.66. The number of aliphatic hydroxyl groups is 1. The molecule has 0 spiro atoms. The number of hydrogen-bond donors (Lipinski definition) is 3. The molecular weight excluding hydrogens is 290 g/mol. The molecule has 21 heavy (non-hydrogen) atoms. The normalized spacial score (nSPS) is 30.3. The average molecular weight is 316 g/mol. The molecule has 1 fully saturated rings. The summed E-state index contributed by atoms with van der Waals surface area (Å²) in [5.74, 6) is 1.15. The van der Waals surface area contributed by atoms with E-state index in [1.165, 1.54) is 25.3 Å². The maximum Gasteiger partial charge on any atom is 0.134 e. The van der Waals surface area contributed by atoms with Crippen molar-refractivity contribution in [1.29, 1.82) is 0 Å². The molecule has 0 aromatic carbocycles. The highest BCUT2D eigenvalue weighted by Crippen LogP contribution is 2.36. The fourth-order valence-corrected chi connectivity index (χ4v) is 2.67. The molecule has 5 nitrogen and oxygen atoms in total. The van der Waals surface area contributed by atoms with Crippen molar-refractivity contribution in [2.24, 2.45) is 0 Å². The molecule has 1 heterocycles. The highest BCUT2D eigenvalue weighted by Gasteiger charge is 2.40. The highest BCUT2D eigenvalue weighted by atomic mass is 31.2. The number of unbranched alkanes of at least 4 members (excludes halogenated alkanes) is 4. The summed E-state index contributed by atoms with van der Waals surface area (Å²) in [7, 11) is 2.51. The smallest absolute Gasteiger partial charge is 0.134 e. The number of ether oxygens (including phenoxy) is 2. The van der Waals surface area contributed by atoms with Crippen molar-refractivity contribution < 1.29 is 24.4 Å². The van der Waals surface area contributed by atoms with Gasteiger partial charge in [0.25, 0.3) is 0 Å². The van der Waals surface area contributed by atoms with Gasteiger partial charge in [-0.05, 0) is 24.6 Å². The predicted octanol–water partition coefficient (Wildman–Crippen LogP) is 1.37. The minimum Gasteiger partial charge on any atom is -0.387 e. The molecule has 3 N–H and O–H groups in total. The molecule has 7 heteroatoms. The maximum atomic E-state index is 10.1. The third-order valence-corrected chi connectivity index (χ3v) is 4.03. The Morgan fingerprint density at radius 3 is 2.57 bits per heavy atom. The Labute approximate surface area is 128 Å². The molecule has 0 bridgehead atoms. The fraction of sp³-hybridized carbons (Fsp3) is 0.786. The second-order valence-corrected chi connectivity index (χ2v) is 7.30. The van der Waals surface area contributed by atoms with Crippen molar-refractivity contribution in [3.05, 3.63) is 11.9 Å². The molecule has 0 amide bonds. The van der Waals surface area contributed by atoms with Crippen LogP contribution < -0.4 is 0 Å². The van der Waals surface area contributed by atoms with Crippen LogP contribution in [0.25, 0.3) is 0 Å². The zero-order valence-electron chi connectivity index (χ0n) is 12.6. The van der Waals surface area contributed by atoms with Gasteiger partial charge in [-0.3, -0.25) is 0 Å². The summed E-state index contributed by atoms with van der Waals surface area (Å²) in [6.45, 7) is 2.70. The van der Waals surface area contributed by atoms with Crippen molar-refractivity contribution in [3.8, 4) is 0 Å². The summed E-state index contributed by atoms with van der Waals surface area (Å²) in [4.78, 5) is 18.4. The second-order valence-electron chi connectivity index (χ2n) is 5.43. The molecule has 4 atom stereocenters. The lowest BCUT2D eigenvalue weighted by atomic mass is 9.93. The minimum atomic E-state index is -3.27. The zero-order valence-corrected chi connectivity index (χ0v) is 13.5. The SMILES string of the molecule is [B][C@@H]1O[C@H](/C=C/P(=C)(O)O)[C@H](O)C1OCCCCCCC. The first-order valence-electron chi connectivity index (χ1n) is 7.44. The van der Waals surface area contributed by atoms with E-state index in [0.29, 0.717) is 6.61 Å². The fourth-order valence-electron chi connectivity index (χ4n) is 2.22. The molecule has 1 aliphatic heterocycles. The lowest BCUT2D eigenvalue weighted by Crippen LogP contribution is -2.35. The molecule has 2 radical (unpaired) electrons. The Morgan fingerprint density at radius 1 is 1.29 bits per heavy atom. The van der Waals surface area contributed by atoms with E-state index in [4.69, 9.17) is 17.3 Å². The molecule has 1 rings (SSSR count). The maximum absolute atomic E-state index is 10.1. The highest BCUT2D eigenvalue weighted by molar-refractivity contribution is 7.65. The van der Waals surface area contributed by atoms with Gasteiger partial charge in [-0.15, -0.1) is 0 Å². The summed E-state index contributed by atoms with van der Waals surface area (Å²) >= 11 is 0. The zero-order chi connectivity index (χ0) is 15.9. The van der Waals surface area contributed by atoms with E-state index in [1.807, 2.05) is 0 Å². The van der Waals surface area contributed by atoms with Crippen LogP contribution in [-0.4, -0.2) is 60.0 Å². The van der Waals surface area contributed by atoms with Gasteiger partial charge in [-0.2, -0.15) is 0 Å². The molecule has 1 saturated heterocycles. The second kappa shape index (κ2) is 9.14. The Morgan fingerprint density at radius 2 is 1.95 bits per heavy atom. The molecular formula is C14H26BO5P. The van der Waals surface area contributed by atoms with Crippen LogP contribution in [0.4, 0.5) is 0 Å². The van der Waals surface area contributed by atoms with Gasteiger partial charge in [0.1, 0.15) is 33.5 Å². The van der Waals surface area contributed by atoms with Crippen LogP contribution in [0.2, 0.25) is 0 Å². The Kier molecular flexibility index (Phi) is 8.25. The first-order chi connectivity index (χ1) is 9.85. The summed E-state index contributed by atoms with van der Waals surface area (Å²) < 4.78 is 11.0. The molecule has 0 aromatic heterocycles. The Bertz CT molecular complexity index is 370. The van der Waals surface area contributed by atoms with Crippen LogP contribution in [-0.2, 0) is 9.47 Å². The summed E-state index contributed by atoms with van der Waals surface area (Å²) in [6.07, 6.45) is 8.01. The first-order valence-corrected chi connectivity index (χ1v) is 9.38. The molecule has 0 saturated carbocycles. The van der Waals surface area contributed by atoms with Crippen molar-refractivity contribution in [2.45, 2.75) is 63.3 Å². The van der Waals surface area contributed by atoms with Crippen LogP contribution in [0.5, 0.6) is 0 Å². The Balaban J connectivity index is 2.35. The number of aliphatic hydroxyl groups excluding tert-OH is 1. The molecule has 0 aliphatic carbocycles. The predicted molar refractivity (Wildman–Crippen MR) is 86.5 cm³/mol. The van der Waals surface area contributed by atoms with Crippen molar-refractivity contribution >= 4 is 21.5 Å². The van der Waals surface area contributed by atoms with Gasteiger partial charge in [-0.25, -0.2) is 0 Å². The van der Waals surface area contributed by atoms with E-state index in [1.54, 1.807) is 0 Å². The van der Waals surface area contributed by atoms with Crippen LogP contribution >= 0.6 is 7.34 Å². The van der Waals surface area contributed by atoms with Crippen LogP contribution in [0.15, 0.2) is 11.9 Å². The van der Waals surface area contributed by atoms with Crippen LogP contribution in [0.3, 0.4) is 0 Å². The van der Waals surface area contributed by atoms with E-state index in [2.05, 4.69) is 13.2 Å². The van der Waals surface area contributed by atoms with E-state index in [0.717, 1.165) is 18.7 Å². The molecule has 1 aliphatic rings. The lowest BCUT2D eigenvalue weighted by Gasteiger charge is -2.18. The third-order valence-electron chi connectivity index (χ3n) is 3.38. The standard InChI is InChI=1S/C14H26BO5P/c1-3-4-5-6-7-9-19-13-12(16)11(20-14(13)15)8-10-21(2,17)18/h8,10-14,16-18H,2-7,9H2,1H3/b10-8+/t11-,12+,13?,14-/m1/s1. The first kappa shape index (κ1) is 19.0. The van der Waals surface area contributed by atoms with Crippen LogP contribution in [0, 0.1) is 0 Å². The van der Waals surface area contributed by atoms with Gasteiger partial charge in [0.2, 0.25) is 0 Å². The van der Waals surface area contributed by atoms with Crippen LogP contribution in [0.1, 0.15) is 39.0 Å². The van der Waals surface area contributed by atoms with Gasteiger partial charge < -0.3 is 24.4 Å². The molecule has 0 aromatic rings. The monoisotopic (exact) mass is 316 g/mol. The van der Waals surface area contributed by atoms with Gasteiger partial charge in [-0.1, -0.05) is 32.6 Å². The lowest BCUT2D eigenvalue weighted by molar-refractivity contribution is -0.0207. The van der Waals surface area contributed by atoms with Gasteiger partial charge in [0.15, 0.2) is 0 Å². The summed E-state index contributed by atoms with van der Waals surface area (Å²) in [5, 5.41) is 10.1. The van der Waals surface area contributed by atoms with E-state index in [9.17, 15) is 14.9 Å². The van der Waals surface area contributed by atoms with Gasteiger partial charge in [0.05, 0.1) is 0 Å². The van der Waals surface area contributed by atoms with Gasteiger partial charge >= 0.3 is 0 Å². The summed E-state index contributed by atoms with van der Waals surface area (Å²) in [6, 6.07) is -0.722. The van der Waals surface area contributed by atoms with E-state index < -0.39 is 31.7 Å². The van der Waals surface area contributed by atoms with Crippen molar-refractivity contribution in [1.82, 2.24) is 0 Å². The van der Waals surface area contributed by atoms with E-state index >= 15 is 0 Å². The largest absolute Gasteiger partial charge is 0.387 e.